The third kappa shape index (κ3) is 4.49. The van der Waals surface area contributed by atoms with E-state index in [9.17, 15) is 4.79 Å². The van der Waals surface area contributed by atoms with Crippen LogP contribution >= 0.6 is 15.9 Å². The molecule has 1 aromatic carbocycles. The van der Waals surface area contributed by atoms with Crippen LogP contribution in [0.4, 0.5) is 0 Å². The van der Waals surface area contributed by atoms with Crippen LogP contribution < -0.4 is 0 Å². The van der Waals surface area contributed by atoms with Crippen molar-refractivity contribution in [2.45, 2.75) is 36.7 Å². The van der Waals surface area contributed by atoms with Crippen molar-refractivity contribution in [1.82, 2.24) is 0 Å². The van der Waals surface area contributed by atoms with Gasteiger partial charge >= 0.3 is 0 Å². The van der Waals surface area contributed by atoms with Gasteiger partial charge in [-0.1, -0.05) is 51.4 Å². The Morgan fingerprint density at radius 2 is 2.15 bits per heavy atom. The highest BCUT2D eigenvalue weighted by Gasteiger charge is 2.52. The first-order valence-corrected chi connectivity index (χ1v) is 9.52. The van der Waals surface area contributed by atoms with Crippen molar-refractivity contribution in [2.24, 2.45) is 5.11 Å². The van der Waals surface area contributed by atoms with E-state index in [4.69, 9.17) is 29.2 Å². The fraction of sp³-hybridized carbons (Fsp3) is 0.588. The summed E-state index contributed by atoms with van der Waals surface area (Å²) in [7, 11) is 1.47. The Morgan fingerprint density at radius 1 is 1.37 bits per heavy atom. The summed E-state index contributed by atoms with van der Waals surface area (Å²) in [4.78, 5) is 15.3. The maximum absolute atomic E-state index is 12.3. The van der Waals surface area contributed by atoms with E-state index in [1.165, 1.54) is 7.11 Å². The van der Waals surface area contributed by atoms with Crippen molar-refractivity contribution in [1.29, 1.82) is 0 Å². The number of hydrogen-bond acceptors (Lipinski definition) is 7. The first-order valence-electron chi connectivity index (χ1n) is 8.40. The molecule has 10 heteroatoms. The number of ether oxygens (including phenoxy) is 5. The van der Waals surface area contributed by atoms with Gasteiger partial charge in [0.05, 0.1) is 18.0 Å². The molecule has 0 aliphatic carbocycles. The van der Waals surface area contributed by atoms with Crippen molar-refractivity contribution in [3.05, 3.63) is 46.3 Å². The summed E-state index contributed by atoms with van der Waals surface area (Å²) in [6.07, 6.45) is -3.56. The van der Waals surface area contributed by atoms with E-state index in [0.29, 0.717) is 0 Å². The third-order valence-corrected chi connectivity index (χ3v) is 4.99. The number of methoxy groups -OCH3 is 1. The number of alkyl halides is 1. The minimum atomic E-state index is -0.920. The maximum Gasteiger partial charge on any atom is 0.184 e. The highest BCUT2D eigenvalue weighted by Crippen LogP contribution is 2.36. The van der Waals surface area contributed by atoms with Gasteiger partial charge in [0.1, 0.15) is 31.2 Å². The number of ketones is 1. The van der Waals surface area contributed by atoms with E-state index < -0.39 is 36.7 Å². The Morgan fingerprint density at radius 3 is 2.81 bits per heavy atom. The van der Waals surface area contributed by atoms with Crippen LogP contribution in [-0.4, -0.2) is 62.1 Å². The molecule has 6 atom stereocenters. The molecule has 2 aliphatic heterocycles. The molecule has 0 spiro atoms. The number of halogens is 1. The quantitative estimate of drug-likeness (QED) is 0.211. The summed E-state index contributed by atoms with van der Waals surface area (Å²) in [5.41, 5.74) is 9.90. The van der Waals surface area contributed by atoms with Gasteiger partial charge in [0.2, 0.25) is 0 Å². The second-order valence-electron chi connectivity index (χ2n) is 6.11. The molecule has 146 valence electrons. The van der Waals surface area contributed by atoms with Gasteiger partial charge in [0.25, 0.3) is 0 Å². The number of nitrogens with zero attached hydrogens (tertiary/aromatic N) is 3. The van der Waals surface area contributed by atoms with Gasteiger partial charge in [-0.3, -0.25) is 4.79 Å². The zero-order valence-corrected chi connectivity index (χ0v) is 16.2. The summed E-state index contributed by atoms with van der Waals surface area (Å²) in [6, 6.07) is 8.65. The second-order valence-corrected chi connectivity index (χ2v) is 6.67. The fourth-order valence-electron chi connectivity index (χ4n) is 3.24. The molecular formula is C17H20BrN3O6. The normalized spacial score (nSPS) is 33.0. The van der Waals surface area contributed by atoms with Gasteiger partial charge in [-0.05, 0) is 5.53 Å². The van der Waals surface area contributed by atoms with Crippen molar-refractivity contribution in [3.63, 3.8) is 0 Å². The van der Waals surface area contributed by atoms with Crippen LogP contribution in [0.25, 0.3) is 10.4 Å². The first-order chi connectivity index (χ1) is 13.2. The summed E-state index contributed by atoms with van der Waals surface area (Å²) < 4.78 is 28.4. The van der Waals surface area contributed by atoms with Crippen LogP contribution in [0, 0.1) is 0 Å². The molecule has 0 aromatic heterocycles. The van der Waals surface area contributed by atoms with Crippen molar-refractivity contribution < 1.29 is 28.5 Å². The van der Waals surface area contributed by atoms with E-state index >= 15 is 0 Å². The SMILES string of the molecule is COCO[C@@H]1[C@@H](N=[N+]=[N-])[C@H]2O[C@@H](c3ccccc3)OC[C@H]2O[C@H]1C(=O)CBr. The predicted molar refractivity (Wildman–Crippen MR) is 97.2 cm³/mol. The summed E-state index contributed by atoms with van der Waals surface area (Å²) >= 11 is 3.15. The Labute approximate surface area is 164 Å². The van der Waals surface area contributed by atoms with Gasteiger partial charge in [-0.2, -0.15) is 0 Å². The van der Waals surface area contributed by atoms with Crippen molar-refractivity contribution in [3.8, 4) is 0 Å². The molecule has 2 heterocycles. The average molecular weight is 442 g/mol. The monoisotopic (exact) mass is 441 g/mol. The first kappa shape index (κ1) is 20.2. The maximum atomic E-state index is 12.3. The lowest BCUT2D eigenvalue weighted by Gasteiger charge is -2.47. The Balaban J connectivity index is 1.87. The van der Waals surface area contributed by atoms with Gasteiger partial charge in [-0.25, -0.2) is 0 Å². The van der Waals surface area contributed by atoms with Gasteiger partial charge < -0.3 is 23.7 Å². The van der Waals surface area contributed by atoms with Crippen LogP contribution in [-0.2, 0) is 28.5 Å². The van der Waals surface area contributed by atoms with Crippen LogP contribution in [0.1, 0.15) is 11.9 Å². The molecule has 0 radical (unpaired) electrons. The number of carbonyl (C=O) groups excluding carboxylic acids is 1. The highest BCUT2D eigenvalue weighted by atomic mass is 79.9. The minimum Gasteiger partial charge on any atom is -0.359 e. The molecule has 0 unspecified atom stereocenters. The number of fused-ring (bicyclic) bond motifs is 1. The molecule has 2 fully saturated rings. The molecule has 3 rings (SSSR count). The average Bonchev–Trinajstić information content (AvgIpc) is 2.72. The Bertz CT molecular complexity index is 687. The second kappa shape index (κ2) is 9.61. The smallest absolute Gasteiger partial charge is 0.184 e. The molecule has 0 N–H and O–H groups in total. The number of carbonyl (C=O) groups is 1. The van der Waals surface area contributed by atoms with Crippen molar-refractivity contribution >= 4 is 21.7 Å². The minimum absolute atomic E-state index is 0.0759. The fourth-order valence-corrected chi connectivity index (χ4v) is 3.56. The molecule has 27 heavy (non-hydrogen) atoms. The predicted octanol–water partition coefficient (Wildman–Crippen LogP) is 2.50. The largest absolute Gasteiger partial charge is 0.359 e. The third-order valence-electron chi connectivity index (χ3n) is 4.44. The molecule has 0 bridgehead atoms. The molecule has 2 aliphatic rings. The van der Waals surface area contributed by atoms with E-state index in [-0.39, 0.29) is 24.5 Å². The lowest BCUT2D eigenvalue weighted by Crippen LogP contribution is -2.63. The highest BCUT2D eigenvalue weighted by molar-refractivity contribution is 9.09. The summed E-state index contributed by atoms with van der Waals surface area (Å²) in [5, 5.41) is 3.95. The topological polar surface area (TPSA) is 112 Å². The van der Waals surface area contributed by atoms with Crippen LogP contribution in [0.5, 0.6) is 0 Å². The zero-order valence-electron chi connectivity index (χ0n) is 14.6. The van der Waals surface area contributed by atoms with E-state index in [2.05, 4.69) is 26.0 Å². The number of hydrogen-bond donors (Lipinski definition) is 0. The molecule has 0 saturated carbocycles. The van der Waals surface area contributed by atoms with E-state index in [1.807, 2.05) is 30.3 Å². The van der Waals surface area contributed by atoms with Crippen LogP contribution in [0.15, 0.2) is 35.4 Å². The number of azide groups is 1. The standard InChI is InChI=1S/C17H20BrN3O6/c1-23-9-25-16-13(20-21-19)15-12(26-14(16)11(22)7-18)8-24-17(27-15)10-5-3-2-4-6-10/h2-6,12-17H,7-9H2,1H3/t12-,13+,14+,15+,16-,17+/m1/s1. The number of benzene rings is 1. The van der Waals surface area contributed by atoms with Crippen LogP contribution in [0.3, 0.4) is 0 Å². The lowest BCUT2D eigenvalue weighted by molar-refractivity contribution is -0.309. The lowest BCUT2D eigenvalue weighted by atomic mass is 9.90. The Kier molecular flexibility index (Phi) is 7.20. The summed E-state index contributed by atoms with van der Waals surface area (Å²) in [5.74, 6) is -0.224. The number of Topliss-reactive ketones (excluding diaryl/α,β-unsaturated/α-hetero) is 1. The molecule has 2 saturated heterocycles. The number of rotatable bonds is 7. The van der Waals surface area contributed by atoms with E-state index in [1.54, 1.807) is 0 Å². The van der Waals surface area contributed by atoms with Crippen LogP contribution in [0.2, 0.25) is 0 Å². The molecule has 9 nitrogen and oxygen atoms in total. The van der Waals surface area contributed by atoms with Gasteiger partial charge in [0.15, 0.2) is 12.1 Å². The van der Waals surface area contributed by atoms with E-state index in [0.717, 1.165) is 5.56 Å². The molecule has 0 amide bonds. The molecular weight excluding hydrogens is 422 g/mol. The van der Waals surface area contributed by atoms with Gasteiger partial charge in [-0.15, -0.1) is 0 Å². The van der Waals surface area contributed by atoms with Crippen molar-refractivity contribution in [2.75, 3.05) is 25.8 Å². The zero-order chi connectivity index (χ0) is 19.2. The van der Waals surface area contributed by atoms with Gasteiger partial charge in [0, 0.05) is 17.6 Å². The Hall–Kier alpha value is -1.52. The molecule has 1 aromatic rings. The summed E-state index contributed by atoms with van der Waals surface area (Å²) in [6.45, 7) is 0.123.